The van der Waals surface area contributed by atoms with E-state index in [0.29, 0.717) is 25.8 Å². The summed E-state index contributed by atoms with van der Waals surface area (Å²) in [5.74, 6) is -1.91. The zero-order chi connectivity index (χ0) is 15.3. The van der Waals surface area contributed by atoms with Crippen molar-refractivity contribution in [3.8, 4) is 0 Å². The fourth-order valence-electron chi connectivity index (χ4n) is 2.82. The molecule has 0 spiro atoms. The van der Waals surface area contributed by atoms with Crippen molar-refractivity contribution in [1.82, 2.24) is 4.90 Å². The van der Waals surface area contributed by atoms with Crippen molar-refractivity contribution in [3.63, 3.8) is 0 Å². The Morgan fingerprint density at radius 2 is 2.05 bits per heavy atom. The summed E-state index contributed by atoms with van der Waals surface area (Å²) in [5.41, 5.74) is 9.78. The number of likely N-dealkylation sites (tertiary alicyclic amines) is 1. The summed E-state index contributed by atoms with van der Waals surface area (Å²) < 4.78 is 0. The maximum atomic E-state index is 12.1. The van der Waals surface area contributed by atoms with Crippen molar-refractivity contribution < 1.29 is 19.5 Å². The summed E-state index contributed by atoms with van der Waals surface area (Å²) in [7, 11) is 0. The van der Waals surface area contributed by atoms with E-state index >= 15 is 0 Å². The van der Waals surface area contributed by atoms with Crippen molar-refractivity contribution in [2.75, 3.05) is 13.1 Å². The molecule has 114 valence electrons. The van der Waals surface area contributed by atoms with Crippen molar-refractivity contribution in [3.05, 3.63) is 0 Å². The second-order valence-electron chi connectivity index (χ2n) is 5.48. The van der Waals surface area contributed by atoms with Gasteiger partial charge in [-0.1, -0.05) is 13.3 Å². The highest BCUT2D eigenvalue weighted by Gasteiger charge is 2.43. The van der Waals surface area contributed by atoms with Crippen molar-refractivity contribution in [1.29, 1.82) is 0 Å². The number of carboxylic acids is 1. The number of amides is 2. The van der Waals surface area contributed by atoms with Gasteiger partial charge in [-0.2, -0.15) is 0 Å². The molecule has 2 amide bonds. The number of carbonyl (C=O) groups is 3. The first-order valence-corrected chi connectivity index (χ1v) is 6.88. The lowest BCUT2D eigenvalue weighted by atomic mass is 9.76. The van der Waals surface area contributed by atoms with Crippen LogP contribution >= 0.6 is 0 Å². The fraction of sp³-hybridized carbons (Fsp3) is 0.769. The first-order chi connectivity index (χ1) is 9.32. The van der Waals surface area contributed by atoms with E-state index in [2.05, 4.69) is 0 Å². The lowest BCUT2D eigenvalue weighted by Crippen LogP contribution is -2.54. The Labute approximate surface area is 118 Å². The van der Waals surface area contributed by atoms with Crippen LogP contribution in [0.2, 0.25) is 0 Å². The zero-order valence-corrected chi connectivity index (χ0v) is 11.8. The summed E-state index contributed by atoms with van der Waals surface area (Å²) in [6.07, 6.45) is 2.23. The Morgan fingerprint density at radius 1 is 1.40 bits per heavy atom. The van der Waals surface area contributed by atoms with E-state index in [1.165, 1.54) is 4.90 Å². The molecule has 1 saturated heterocycles. The second-order valence-corrected chi connectivity index (χ2v) is 5.48. The number of piperidine rings is 1. The monoisotopic (exact) mass is 285 g/mol. The largest absolute Gasteiger partial charge is 0.481 e. The van der Waals surface area contributed by atoms with Crippen LogP contribution in [-0.4, -0.2) is 46.9 Å². The van der Waals surface area contributed by atoms with Gasteiger partial charge in [0, 0.05) is 13.1 Å². The van der Waals surface area contributed by atoms with Gasteiger partial charge in [0.1, 0.15) is 0 Å². The molecule has 1 aliphatic heterocycles. The Hall–Kier alpha value is -1.63. The molecule has 2 unspecified atom stereocenters. The molecule has 7 nitrogen and oxygen atoms in total. The molecule has 2 atom stereocenters. The number of rotatable bonds is 6. The molecule has 0 radical (unpaired) electrons. The summed E-state index contributed by atoms with van der Waals surface area (Å²) in [5, 5.41) is 9.46. The molecule has 0 aliphatic carbocycles. The van der Waals surface area contributed by atoms with Gasteiger partial charge in [0.2, 0.25) is 11.8 Å². The number of primary amides is 1. The van der Waals surface area contributed by atoms with Crippen LogP contribution in [-0.2, 0) is 14.4 Å². The van der Waals surface area contributed by atoms with Gasteiger partial charge < -0.3 is 21.5 Å². The minimum absolute atomic E-state index is 0.154. The van der Waals surface area contributed by atoms with E-state index < -0.39 is 29.2 Å². The van der Waals surface area contributed by atoms with Crippen LogP contribution in [0.1, 0.15) is 39.0 Å². The smallest absolute Gasteiger partial charge is 0.311 e. The van der Waals surface area contributed by atoms with Crippen LogP contribution in [0.25, 0.3) is 0 Å². The van der Waals surface area contributed by atoms with E-state index in [-0.39, 0.29) is 13.0 Å². The minimum Gasteiger partial charge on any atom is -0.481 e. The Kier molecular flexibility index (Phi) is 5.50. The molecule has 1 heterocycles. The average molecular weight is 285 g/mol. The average Bonchev–Trinajstić information content (AvgIpc) is 2.37. The Balaban J connectivity index is 2.79. The number of hydrogen-bond acceptors (Lipinski definition) is 4. The lowest BCUT2D eigenvalue weighted by molar-refractivity contribution is -0.156. The lowest BCUT2D eigenvalue weighted by Gasteiger charge is -2.40. The number of hydrogen-bond donors (Lipinski definition) is 3. The van der Waals surface area contributed by atoms with Gasteiger partial charge in [-0.05, 0) is 19.3 Å². The fourth-order valence-corrected chi connectivity index (χ4v) is 2.82. The molecule has 20 heavy (non-hydrogen) atoms. The first-order valence-electron chi connectivity index (χ1n) is 6.88. The predicted octanol–water partition coefficient (Wildman–Crippen LogP) is -0.317. The summed E-state index contributed by atoms with van der Waals surface area (Å²) in [6, 6.07) is -0.987. The van der Waals surface area contributed by atoms with E-state index in [0.717, 1.165) is 6.42 Å². The maximum Gasteiger partial charge on any atom is 0.311 e. The number of nitrogens with two attached hydrogens (primary N) is 2. The van der Waals surface area contributed by atoms with Crippen molar-refractivity contribution >= 4 is 17.8 Å². The number of carbonyl (C=O) groups excluding carboxylic acids is 2. The third-order valence-electron chi connectivity index (χ3n) is 3.81. The first kappa shape index (κ1) is 16.4. The van der Waals surface area contributed by atoms with Crippen LogP contribution in [0.5, 0.6) is 0 Å². The highest BCUT2D eigenvalue weighted by atomic mass is 16.4. The van der Waals surface area contributed by atoms with Crippen LogP contribution in [0, 0.1) is 5.41 Å². The molecule has 0 aromatic carbocycles. The van der Waals surface area contributed by atoms with Crippen LogP contribution in [0.3, 0.4) is 0 Å². The quantitative estimate of drug-likeness (QED) is 0.616. The standard InChI is InChI=1S/C13H23N3O4/c1-2-4-13(12(19)20)5-3-6-16(8-13)11(18)9(14)7-10(15)17/h9H,2-8,14H2,1H3,(H2,15,17)(H,19,20). The normalized spacial score (nSPS) is 24.2. The van der Waals surface area contributed by atoms with Crippen LogP contribution in [0.4, 0.5) is 0 Å². The van der Waals surface area contributed by atoms with Gasteiger partial charge in [-0.15, -0.1) is 0 Å². The molecule has 1 aliphatic rings. The van der Waals surface area contributed by atoms with Gasteiger partial charge in [-0.25, -0.2) is 0 Å². The molecule has 5 N–H and O–H groups in total. The number of carboxylic acid groups (broad SMARTS) is 1. The third-order valence-corrected chi connectivity index (χ3v) is 3.81. The van der Waals surface area contributed by atoms with Gasteiger partial charge in [-0.3, -0.25) is 14.4 Å². The molecule has 0 saturated carbocycles. The highest BCUT2D eigenvalue weighted by molar-refractivity contribution is 5.88. The Bertz CT molecular complexity index is 395. The number of nitrogens with zero attached hydrogens (tertiary/aromatic N) is 1. The molecule has 7 heteroatoms. The summed E-state index contributed by atoms with van der Waals surface area (Å²) >= 11 is 0. The van der Waals surface area contributed by atoms with E-state index in [9.17, 15) is 19.5 Å². The van der Waals surface area contributed by atoms with Crippen LogP contribution < -0.4 is 11.5 Å². The third kappa shape index (κ3) is 3.69. The van der Waals surface area contributed by atoms with E-state index in [1.807, 2.05) is 6.92 Å². The molecule has 1 fully saturated rings. The van der Waals surface area contributed by atoms with Gasteiger partial charge in [0.25, 0.3) is 0 Å². The van der Waals surface area contributed by atoms with Crippen molar-refractivity contribution in [2.24, 2.45) is 16.9 Å². The molecule has 1 rings (SSSR count). The maximum absolute atomic E-state index is 12.1. The Morgan fingerprint density at radius 3 is 2.55 bits per heavy atom. The van der Waals surface area contributed by atoms with Crippen molar-refractivity contribution in [2.45, 2.75) is 45.1 Å². The SMILES string of the molecule is CCCC1(C(=O)O)CCCN(C(=O)C(N)CC(N)=O)C1. The molecule has 0 bridgehead atoms. The topological polar surface area (TPSA) is 127 Å². The number of aliphatic carboxylic acids is 1. The minimum atomic E-state index is -0.987. The highest BCUT2D eigenvalue weighted by Crippen LogP contribution is 2.35. The van der Waals surface area contributed by atoms with Gasteiger partial charge in [0.15, 0.2) is 0 Å². The molecular weight excluding hydrogens is 262 g/mol. The molecule has 0 aromatic rings. The van der Waals surface area contributed by atoms with Crippen LogP contribution in [0.15, 0.2) is 0 Å². The summed E-state index contributed by atoms with van der Waals surface area (Å²) in [6.45, 7) is 2.55. The zero-order valence-electron chi connectivity index (χ0n) is 11.8. The predicted molar refractivity (Wildman–Crippen MR) is 72.6 cm³/mol. The van der Waals surface area contributed by atoms with E-state index in [4.69, 9.17) is 11.5 Å². The van der Waals surface area contributed by atoms with Gasteiger partial charge >= 0.3 is 5.97 Å². The van der Waals surface area contributed by atoms with Gasteiger partial charge in [0.05, 0.1) is 17.9 Å². The van der Waals surface area contributed by atoms with E-state index in [1.54, 1.807) is 0 Å². The molecule has 0 aromatic heterocycles. The molecular formula is C13H23N3O4. The second kappa shape index (κ2) is 6.69. The summed E-state index contributed by atoms with van der Waals surface area (Å²) in [4.78, 5) is 36.0.